The van der Waals surface area contributed by atoms with Crippen LogP contribution in [0.25, 0.3) is 0 Å². The lowest BCUT2D eigenvalue weighted by Crippen LogP contribution is -2.08. The highest BCUT2D eigenvalue weighted by Gasteiger charge is 2.17. The van der Waals surface area contributed by atoms with Crippen LogP contribution < -0.4 is 5.73 Å². The molecule has 2 aromatic rings. The van der Waals surface area contributed by atoms with E-state index in [9.17, 15) is 0 Å². The van der Waals surface area contributed by atoms with E-state index in [0.29, 0.717) is 18.4 Å². The van der Waals surface area contributed by atoms with Gasteiger partial charge in [0.05, 0.1) is 18.3 Å². The van der Waals surface area contributed by atoms with Gasteiger partial charge < -0.3 is 5.73 Å². The number of hydrogen-bond donors (Lipinski definition) is 1. The molecule has 3 rings (SSSR count). The molecular formula is C13H19N5. The van der Waals surface area contributed by atoms with Gasteiger partial charge in [-0.05, 0) is 25.8 Å². The molecule has 0 aliphatic heterocycles. The Hall–Kier alpha value is -1.78. The minimum absolute atomic E-state index is 0.572. The van der Waals surface area contributed by atoms with E-state index >= 15 is 0 Å². The minimum atomic E-state index is 0.572. The normalized spacial score (nSPS) is 16.5. The molecule has 2 N–H and O–H groups in total. The summed E-state index contributed by atoms with van der Waals surface area (Å²) >= 11 is 0. The quantitative estimate of drug-likeness (QED) is 0.901. The number of rotatable bonds is 3. The number of nitrogens with two attached hydrogens (primary N) is 1. The zero-order valence-electron chi connectivity index (χ0n) is 10.7. The van der Waals surface area contributed by atoms with Gasteiger partial charge in [-0.25, -0.2) is 0 Å². The number of nitrogen functional groups attached to an aromatic ring is 1. The first-order valence-corrected chi connectivity index (χ1v) is 6.56. The summed E-state index contributed by atoms with van der Waals surface area (Å²) in [5, 5.41) is 8.91. The Morgan fingerprint density at radius 2 is 2.11 bits per heavy atom. The molecule has 2 heterocycles. The summed E-state index contributed by atoms with van der Waals surface area (Å²) in [7, 11) is 0. The molecule has 96 valence electrons. The standard InChI is InChI=1S/C13H19N5/c1-10-8-13(14)16-18(10)9-11-6-7-17(15-11)12-4-2-3-5-12/h6-8,12H,2-5,9H2,1H3,(H2,14,16). The van der Waals surface area contributed by atoms with E-state index in [2.05, 4.69) is 27.1 Å². The number of nitrogens with zero attached hydrogens (tertiary/aromatic N) is 4. The van der Waals surface area contributed by atoms with Gasteiger partial charge in [0.25, 0.3) is 0 Å². The Bertz CT molecular complexity index is 533. The van der Waals surface area contributed by atoms with Gasteiger partial charge in [0, 0.05) is 18.0 Å². The van der Waals surface area contributed by atoms with E-state index in [1.165, 1.54) is 25.7 Å². The lowest BCUT2D eigenvalue weighted by Gasteiger charge is -2.09. The fraction of sp³-hybridized carbons (Fsp3) is 0.538. The lowest BCUT2D eigenvalue weighted by molar-refractivity contribution is 0.460. The molecule has 1 saturated carbocycles. The smallest absolute Gasteiger partial charge is 0.145 e. The van der Waals surface area contributed by atoms with Crippen molar-refractivity contribution in [2.75, 3.05) is 5.73 Å². The summed E-state index contributed by atoms with van der Waals surface area (Å²) in [5.74, 6) is 0.572. The summed E-state index contributed by atoms with van der Waals surface area (Å²) in [6.07, 6.45) is 7.26. The maximum absolute atomic E-state index is 5.68. The van der Waals surface area contributed by atoms with Crippen LogP contribution in [0.5, 0.6) is 0 Å². The highest BCUT2D eigenvalue weighted by Crippen LogP contribution is 2.28. The van der Waals surface area contributed by atoms with Gasteiger partial charge in [0.15, 0.2) is 0 Å². The number of hydrogen-bond acceptors (Lipinski definition) is 3. The highest BCUT2D eigenvalue weighted by molar-refractivity contribution is 5.29. The molecule has 0 amide bonds. The van der Waals surface area contributed by atoms with Crippen molar-refractivity contribution in [1.29, 1.82) is 0 Å². The third-order valence-corrected chi connectivity index (χ3v) is 3.67. The Balaban J connectivity index is 1.75. The van der Waals surface area contributed by atoms with Crippen molar-refractivity contribution in [3.05, 3.63) is 29.7 Å². The van der Waals surface area contributed by atoms with Crippen molar-refractivity contribution in [3.8, 4) is 0 Å². The highest BCUT2D eigenvalue weighted by atomic mass is 15.3. The molecule has 1 aliphatic rings. The van der Waals surface area contributed by atoms with Gasteiger partial charge >= 0.3 is 0 Å². The predicted octanol–water partition coefficient (Wildman–Crippen LogP) is 2.13. The van der Waals surface area contributed by atoms with Gasteiger partial charge in [0.1, 0.15) is 5.82 Å². The van der Waals surface area contributed by atoms with Gasteiger partial charge in [-0.3, -0.25) is 9.36 Å². The van der Waals surface area contributed by atoms with Crippen molar-refractivity contribution in [1.82, 2.24) is 19.6 Å². The summed E-state index contributed by atoms with van der Waals surface area (Å²) in [4.78, 5) is 0. The van der Waals surface area contributed by atoms with E-state index in [4.69, 9.17) is 5.73 Å². The SMILES string of the molecule is Cc1cc(N)nn1Cc1ccn(C2CCCC2)n1. The van der Waals surface area contributed by atoms with E-state index in [1.54, 1.807) is 0 Å². The molecule has 5 nitrogen and oxygen atoms in total. The molecule has 18 heavy (non-hydrogen) atoms. The van der Waals surface area contributed by atoms with Crippen LogP contribution in [-0.4, -0.2) is 19.6 Å². The van der Waals surface area contributed by atoms with E-state index < -0.39 is 0 Å². The molecule has 2 aromatic heterocycles. The summed E-state index contributed by atoms with van der Waals surface area (Å²) in [6.45, 7) is 2.71. The van der Waals surface area contributed by atoms with Crippen molar-refractivity contribution in [2.45, 2.75) is 45.2 Å². The second-order valence-corrected chi connectivity index (χ2v) is 5.09. The molecule has 1 fully saturated rings. The van der Waals surface area contributed by atoms with Gasteiger partial charge in [-0.1, -0.05) is 12.8 Å². The molecule has 1 aliphatic carbocycles. The van der Waals surface area contributed by atoms with E-state index in [1.807, 2.05) is 17.7 Å². The predicted molar refractivity (Wildman–Crippen MR) is 70.2 cm³/mol. The molecule has 0 aromatic carbocycles. The molecule has 0 atom stereocenters. The number of aromatic nitrogens is 4. The first kappa shape index (κ1) is 11.3. The van der Waals surface area contributed by atoms with E-state index in [-0.39, 0.29) is 0 Å². The lowest BCUT2D eigenvalue weighted by atomic mass is 10.3. The van der Waals surface area contributed by atoms with Crippen molar-refractivity contribution >= 4 is 5.82 Å². The molecule has 0 saturated heterocycles. The molecule has 0 radical (unpaired) electrons. The average molecular weight is 245 g/mol. The Morgan fingerprint density at radius 3 is 2.78 bits per heavy atom. The first-order chi connectivity index (χ1) is 8.72. The first-order valence-electron chi connectivity index (χ1n) is 6.56. The largest absolute Gasteiger partial charge is 0.382 e. The summed E-state index contributed by atoms with van der Waals surface area (Å²) in [6, 6.07) is 4.56. The number of anilines is 1. The van der Waals surface area contributed by atoms with Crippen molar-refractivity contribution < 1.29 is 0 Å². The molecule has 0 unspecified atom stereocenters. The fourth-order valence-corrected chi connectivity index (χ4v) is 2.68. The zero-order valence-corrected chi connectivity index (χ0v) is 10.7. The second-order valence-electron chi connectivity index (χ2n) is 5.09. The van der Waals surface area contributed by atoms with Crippen molar-refractivity contribution in [3.63, 3.8) is 0 Å². The topological polar surface area (TPSA) is 61.7 Å². The monoisotopic (exact) mass is 245 g/mol. The van der Waals surface area contributed by atoms with Crippen LogP contribution in [0.2, 0.25) is 0 Å². The third-order valence-electron chi connectivity index (χ3n) is 3.67. The molecule has 5 heteroatoms. The summed E-state index contributed by atoms with van der Waals surface area (Å²) in [5.41, 5.74) is 7.80. The summed E-state index contributed by atoms with van der Waals surface area (Å²) < 4.78 is 4.02. The van der Waals surface area contributed by atoms with Crippen molar-refractivity contribution in [2.24, 2.45) is 0 Å². The van der Waals surface area contributed by atoms with E-state index in [0.717, 1.165) is 11.4 Å². The van der Waals surface area contributed by atoms with Crippen LogP contribution in [0.15, 0.2) is 18.3 Å². The van der Waals surface area contributed by atoms with Gasteiger partial charge in [-0.2, -0.15) is 10.2 Å². The zero-order chi connectivity index (χ0) is 12.5. The fourth-order valence-electron chi connectivity index (χ4n) is 2.68. The maximum Gasteiger partial charge on any atom is 0.145 e. The van der Waals surface area contributed by atoms with Gasteiger partial charge in [-0.15, -0.1) is 0 Å². The molecule has 0 spiro atoms. The Labute approximate surface area is 107 Å². The maximum atomic E-state index is 5.68. The molecule has 0 bridgehead atoms. The Morgan fingerprint density at radius 1 is 1.33 bits per heavy atom. The van der Waals surface area contributed by atoms with Crippen LogP contribution in [0, 0.1) is 6.92 Å². The number of aryl methyl sites for hydroxylation is 1. The van der Waals surface area contributed by atoms with Crippen LogP contribution in [-0.2, 0) is 6.54 Å². The minimum Gasteiger partial charge on any atom is -0.382 e. The Kier molecular flexibility index (Phi) is 2.81. The van der Waals surface area contributed by atoms with Gasteiger partial charge in [0.2, 0.25) is 0 Å². The third kappa shape index (κ3) is 2.12. The van der Waals surface area contributed by atoms with Crippen LogP contribution >= 0.6 is 0 Å². The van der Waals surface area contributed by atoms with Crippen LogP contribution in [0.1, 0.15) is 43.1 Å². The molecular weight excluding hydrogens is 226 g/mol. The van der Waals surface area contributed by atoms with Crippen LogP contribution in [0.3, 0.4) is 0 Å². The average Bonchev–Trinajstić information content (AvgIpc) is 3.02. The second kappa shape index (κ2) is 4.48. The van der Waals surface area contributed by atoms with Crippen LogP contribution in [0.4, 0.5) is 5.82 Å².